The lowest BCUT2D eigenvalue weighted by molar-refractivity contribution is -0.121. The molecule has 0 saturated carbocycles. The number of rotatable bonds is 7. The van der Waals surface area contributed by atoms with Crippen LogP contribution in [0.2, 0.25) is 0 Å². The molecule has 2 N–H and O–H groups in total. The Morgan fingerprint density at radius 1 is 1.54 bits per heavy atom. The Morgan fingerprint density at radius 2 is 2.46 bits per heavy atom. The van der Waals surface area contributed by atoms with E-state index in [4.69, 9.17) is 0 Å². The Kier molecular flexibility index (Phi) is 5.81. The van der Waals surface area contributed by atoms with Gasteiger partial charge in [0.2, 0.25) is 11.1 Å². The molecule has 1 aliphatic rings. The van der Waals surface area contributed by atoms with Crippen LogP contribution in [0.3, 0.4) is 0 Å². The van der Waals surface area contributed by atoms with Gasteiger partial charge in [-0.2, -0.15) is 5.10 Å². The molecule has 9 nitrogen and oxygen atoms in total. The van der Waals surface area contributed by atoms with Crippen LogP contribution in [0.5, 0.6) is 0 Å². The normalized spacial score (nSPS) is 17.8. The summed E-state index contributed by atoms with van der Waals surface area (Å²) in [5.41, 5.74) is 1.14. The van der Waals surface area contributed by atoms with Crippen molar-refractivity contribution in [2.75, 3.05) is 25.4 Å². The molecule has 0 aliphatic carbocycles. The van der Waals surface area contributed by atoms with Crippen LogP contribution in [0.15, 0.2) is 17.4 Å². The van der Waals surface area contributed by atoms with Crippen LogP contribution < -0.4 is 10.6 Å². The van der Waals surface area contributed by atoms with Crippen molar-refractivity contribution in [2.24, 2.45) is 7.05 Å². The molecule has 1 saturated heterocycles. The zero-order valence-corrected chi connectivity index (χ0v) is 14.5. The van der Waals surface area contributed by atoms with Crippen LogP contribution in [0.4, 0.5) is 0 Å². The number of aromatic nitrogens is 6. The molecule has 1 amide bonds. The minimum Gasteiger partial charge on any atom is -0.354 e. The van der Waals surface area contributed by atoms with Crippen molar-refractivity contribution in [2.45, 2.75) is 30.5 Å². The minimum atomic E-state index is -0.0274. The highest BCUT2D eigenvalue weighted by Gasteiger charge is 2.19. The third-order valence-corrected chi connectivity index (χ3v) is 5.01. The molecular formula is C14H22N8OS. The number of carbonyl (C=O) groups excluding carboxylic acids is 1. The monoisotopic (exact) mass is 350 g/mol. The van der Waals surface area contributed by atoms with Gasteiger partial charge in [-0.25, -0.2) is 4.68 Å². The molecule has 2 aromatic heterocycles. The molecule has 10 heteroatoms. The number of piperidine rings is 1. The standard InChI is InChI=1S/C14H22N8OS/c1-21-14(18-19-20-21)24-8-7-16-13(23)10-22-12(4-6-17-22)11-3-2-5-15-9-11/h4,6,11,15H,2-3,5,7-10H2,1H3,(H,16,23)/t11-/m0/s1. The second-order valence-corrected chi connectivity index (χ2v) is 6.80. The van der Waals surface area contributed by atoms with E-state index in [1.807, 2.05) is 10.7 Å². The van der Waals surface area contributed by atoms with Gasteiger partial charge in [0, 0.05) is 43.7 Å². The maximum absolute atomic E-state index is 12.1. The summed E-state index contributed by atoms with van der Waals surface area (Å²) >= 11 is 1.51. The molecule has 24 heavy (non-hydrogen) atoms. The number of hydrogen-bond acceptors (Lipinski definition) is 7. The van der Waals surface area contributed by atoms with Gasteiger partial charge < -0.3 is 10.6 Å². The maximum atomic E-state index is 12.1. The van der Waals surface area contributed by atoms with E-state index in [2.05, 4.69) is 31.3 Å². The number of aryl methyl sites for hydroxylation is 1. The summed E-state index contributed by atoms with van der Waals surface area (Å²) in [7, 11) is 1.79. The summed E-state index contributed by atoms with van der Waals surface area (Å²) in [6.45, 7) is 2.85. The van der Waals surface area contributed by atoms with Crippen LogP contribution in [0, 0.1) is 0 Å². The number of tetrazole rings is 1. The summed E-state index contributed by atoms with van der Waals surface area (Å²) in [6, 6.07) is 2.02. The molecule has 1 atom stereocenters. The second-order valence-electron chi connectivity index (χ2n) is 5.74. The first-order valence-corrected chi connectivity index (χ1v) is 9.07. The smallest absolute Gasteiger partial charge is 0.241 e. The Hall–Kier alpha value is -1.94. The number of hydrogen-bond donors (Lipinski definition) is 2. The molecule has 0 unspecified atom stereocenters. The van der Waals surface area contributed by atoms with Gasteiger partial charge in [0.25, 0.3) is 0 Å². The topological polar surface area (TPSA) is 103 Å². The zero-order valence-electron chi connectivity index (χ0n) is 13.7. The average molecular weight is 350 g/mol. The van der Waals surface area contributed by atoms with Gasteiger partial charge in [-0.15, -0.1) is 5.10 Å². The predicted molar refractivity (Wildman–Crippen MR) is 89.6 cm³/mol. The van der Waals surface area contributed by atoms with Gasteiger partial charge in [-0.3, -0.25) is 9.48 Å². The fraction of sp³-hybridized carbons (Fsp3) is 0.643. The van der Waals surface area contributed by atoms with E-state index in [1.54, 1.807) is 17.9 Å². The minimum absolute atomic E-state index is 0.0274. The molecular weight excluding hydrogens is 328 g/mol. The number of nitrogens with zero attached hydrogens (tertiary/aromatic N) is 6. The van der Waals surface area contributed by atoms with Crippen LogP contribution in [0.25, 0.3) is 0 Å². The van der Waals surface area contributed by atoms with Crippen molar-refractivity contribution in [3.63, 3.8) is 0 Å². The lowest BCUT2D eigenvalue weighted by atomic mass is 9.96. The maximum Gasteiger partial charge on any atom is 0.241 e. The van der Waals surface area contributed by atoms with Gasteiger partial charge >= 0.3 is 0 Å². The van der Waals surface area contributed by atoms with Crippen LogP contribution >= 0.6 is 11.8 Å². The SMILES string of the molecule is Cn1nnnc1SCCNC(=O)Cn1nccc1[C@H]1CCCNC1. The molecule has 0 radical (unpaired) electrons. The molecule has 1 aliphatic heterocycles. The second kappa shape index (κ2) is 8.25. The molecule has 3 heterocycles. The molecule has 0 spiro atoms. The van der Waals surface area contributed by atoms with Crippen molar-refractivity contribution >= 4 is 17.7 Å². The average Bonchev–Trinajstić information content (AvgIpc) is 3.21. The summed E-state index contributed by atoms with van der Waals surface area (Å²) in [4.78, 5) is 12.1. The first-order chi connectivity index (χ1) is 11.7. The van der Waals surface area contributed by atoms with E-state index >= 15 is 0 Å². The van der Waals surface area contributed by atoms with Crippen LogP contribution in [-0.4, -0.2) is 61.3 Å². The van der Waals surface area contributed by atoms with E-state index in [1.165, 1.54) is 11.8 Å². The van der Waals surface area contributed by atoms with Crippen molar-refractivity contribution in [3.05, 3.63) is 18.0 Å². The van der Waals surface area contributed by atoms with E-state index in [0.29, 0.717) is 12.5 Å². The molecule has 130 valence electrons. The molecule has 0 aromatic carbocycles. The van der Waals surface area contributed by atoms with Gasteiger partial charge in [0.15, 0.2) is 0 Å². The van der Waals surface area contributed by atoms with Gasteiger partial charge in [0.05, 0.1) is 0 Å². The van der Waals surface area contributed by atoms with Crippen molar-refractivity contribution < 1.29 is 4.79 Å². The number of nitrogens with one attached hydrogen (secondary N) is 2. The Balaban J connectivity index is 1.43. The Labute approximate surface area is 144 Å². The highest BCUT2D eigenvalue weighted by Crippen LogP contribution is 2.22. The Morgan fingerprint density at radius 3 is 3.21 bits per heavy atom. The van der Waals surface area contributed by atoms with Crippen molar-refractivity contribution in [1.29, 1.82) is 0 Å². The highest BCUT2D eigenvalue weighted by atomic mass is 32.2. The largest absolute Gasteiger partial charge is 0.354 e. The fourth-order valence-electron chi connectivity index (χ4n) is 2.79. The molecule has 1 fully saturated rings. The highest BCUT2D eigenvalue weighted by molar-refractivity contribution is 7.99. The first kappa shape index (κ1) is 16.9. The molecule has 0 bridgehead atoms. The van der Waals surface area contributed by atoms with E-state index in [-0.39, 0.29) is 12.5 Å². The summed E-state index contributed by atoms with van der Waals surface area (Å²) in [5.74, 6) is 1.13. The van der Waals surface area contributed by atoms with Gasteiger partial charge in [0.1, 0.15) is 6.54 Å². The number of amides is 1. The predicted octanol–water partition coefficient (Wildman–Crippen LogP) is -0.218. The third kappa shape index (κ3) is 4.32. The van der Waals surface area contributed by atoms with Crippen molar-refractivity contribution in [3.8, 4) is 0 Å². The lowest BCUT2D eigenvalue weighted by Crippen LogP contribution is -2.33. The molecule has 2 aromatic rings. The van der Waals surface area contributed by atoms with E-state index in [9.17, 15) is 4.79 Å². The summed E-state index contributed by atoms with van der Waals surface area (Å²) < 4.78 is 3.42. The van der Waals surface area contributed by atoms with E-state index < -0.39 is 0 Å². The van der Waals surface area contributed by atoms with Gasteiger partial charge in [-0.05, 0) is 35.9 Å². The van der Waals surface area contributed by atoms with Crippen LogP contribution in [-0.2, 0) is 18.4 Å². The molecule has 3 rings (SSSR count). The summed E-state index contributed by atoms with van der Waals surface area (Å²) in [5, 5.41) is 22.6. The summed E-state index contributed by atoms with van der Waals surface area (Å²) in [6.07, 6.45) is 4.08. The zero-order chi connectivity index (χ0) is 16.8. The van der Waals surface area contributed by atoms with Crippen LogP contribution in [0.1, 0.15) is 24.5 Å². The third-order valence-electron chi connectivity index (χ3n) is 3.99. The quantitative estimate of drug-likeness (QED) is 0.526. The van der Waals surface area contributed by atoms with E-state index in [0.717, 1.165) is 42.5 Å². The van der Waals surface area contributed by atoms with Crippen molar-refractivity contribution in [1.82, 2.24) is 40.6 Å². The Bertz CT molecular complexity index is 663. The van der Waals surface area contributed by atoms with Gasteiger partial charge in [-0.1, -0.05) is 11.8 Å². The first-order valence-electron chi connectivity index (χ1n) is 8.08. The lowest BCUT2D eigenvalue weighted by Gasteiger charge is -2.23. The fourth-order valence-corrected chi connectivity index (χ4v) is 3.50. The number of carbonyl (C=O) groups is 1. The number of thioether (sulfide) groups is 1.